The Labute approximate surface area is 107 Å². The third-order valence-electron chi connectivity index (χ3n) is 7.08. The standard InChI is InChI=1S/C17H28/c1-2-6-14-12(4-1)8-10-17-15-7-3-5-13(15)9-11-16(14)17/h12-17H,1-11H2/t12?,13-,14-,15?,16?,17-/m0/s1. The minimum Gasteiger partial charge on any atom is -0.0530 e. The van der Waals surface area contributed by atoms with E-state index in [2.05, 4.69) is 0 Å². The van der Waals surface area contributed by atoms with Crippen LogP contribution >= 0.6 is 0 Å². The number of fused-ring (bicyclic) bond motifs is 5. The van der Waals surface area contributed by atoms with Gasteiger partial charge in [0.05, 0.1) is 0 Å². The van der Waals surface area contributed by atoms with Gasteiger partial charge in [0.1, 0.15) is 0 Å². The average Bonchev–Trinajstić information content (AvgIpc) is 2.86. The molecule has 0 nitrogen and oxygen atoms in total. The van der Waals surface area contributed by atoms with Crippen LogP contribution in [0.2, 0.25) is 0 Å². The topological polar surface area (TPSA) is 0 Å². The third kappa shape index (κ3) is 1.70. The Morgan fingerprint density at radius 1 is 0.353 bits per heavy atom. The molecule has 3 unspecified atom stereocenters. The summed E-state index contributed by atoms with van der Waals surface area (Å²) < 4.78 is 0. The zero-order valence-electron chi connectivity index (χ0n) is 11.2. The van der Waals surface area contributed by atoms with Crippen LogP contribution in [0, 0.1) is 35.5 Å². The lowest BCUT2D eigenvalue weighted by Crippen LogP contribution is -2.43. The van der Waals surface area contributed by atoms with Crippen LogP contribution < -0.4 is 0 Å². The molecule has 4 saturated carbocycles. The van der Waals surface area contributed by atoms with Crippen molar-refractivity contribution in [1.29, 1.82) is 0 Å². The van der Waals surface area contributed by atoms with Gasteiger partial charge in [0.15, 0.2) is 0 Å². The molecule has 0 N–H and O–H groups in total. The van der Waals surface area contributed by atoms with E-state index in [0.29, 0.717) is 0 Å². The minimum absolute atomic E-state index is 1.16. The van der Waals surface area contributed by atoms with Crippen molar-refractivity contribution in [3.05, 3.63) is 0 Å². The molecule has 0 amide bonds. The summed E-state index contributed by atoms with van der Waals surface area (Å²) in [6.07, 6.45) is 17.5. The maximum absolute atomic E-state index is 1.62. The first-order valence-corrected chi connectivity index (χ1v) is 8.43. The monoisotopic (exact) mass is 232 g/mol. The van der Waals surface area contributed by atoms with Crippen molar-refractivity contribution in [2.75, 3.05) is 0 Å². The summed E-state index contributed by atoms with van der Waals surface area (Å²) in [5, 5.41) is 0. The minimum atomic E-state index is 1.16. The Kier molecular flexibility index (Phi) is 2.74. The fraction of sp³-hybridized carbons (Fsp3) is 1.00. The first-order valence-electron chi connectivity index (χ1n) is 8.43. The van der Waals surface area contributed by atoms with Gasteiger partial charge in [-0.3, -0.25) is 0 Å². The van der Waals surface area contributed by atoms with E-state index in [1.54, 1.807) is 70.6 Å². The lowest BCUT2D eigenvalue weighted by Gasteiger charge is -2.51. The normalized spacial score (nSPS) is 53.6. The highest BCUT2D eigenvalue weighted by Crippen LogP contribution is 2.57. The SMILES string of the molecule is C1CC[C@H]2C(C1)CC[C@H]1C3CCC[C@H]3CCC21. The Morgan fingerprint density at radius 3 is 1.59 bits per heavy atom. The highest BCUT2D eigenvalue weighted by Gasteiger charge is 2.48. The fourth-order valence-corrected chi connectivity index (χ4v) is 6.45. The van der Waals surface area contributed by atoms with Crippen molar-refractivity contribution >= 4 is 0 Å². The van der Waals surface area contributed by atoms with Gasteiger partial charge in [0, 0.05) is 0 Å². The van der Waals surface area contributed by atoms with Crippen molar-refractivity contribution in [1.82, 2.24) is 0 Å². The second-order valence-electron chi connectivity index (χ2n) is 7.55. The second kappa shape index (κ2) is 4.28. The van der Waals surface area contributed by atoms with Crippen molar-refractivity contribution in [3.8, 4) is 0 Å². The molecule has 4 rings (SSSR count). The zero-order chi connectivity index (χ0) is 11.2. The molecule has 0 aliphatic heterocycles. The molecule has 0 aromatic carbocycles. The number of hydrogen-bond acceptors (Lipinski definition) is 0. The van der Waals surface area contributed by atoms with Gasteiger partial charge in [-0.15, -0.1) is 0 Å². The van der Waals surface area contributed by atoms with Gasteiger partial charge < -0.3 is 0 Å². The number of rotatable bonds is 0. The van der Waals surface area contributed by atoms with Crippen LogP contribution in [-0.4, -0.2) is 0 Å². The molecule has 0 heteroatoms. The van der Waals surface area contributed by atoms with Crippen LogP contribution in [0.5, 0.6) is 0 Å². The van der Waals surface area contributed by atoms with Gasteiger partial charge in [0.25, 0.3) is 0 Å². The van der Waals surface area contributed by atoms with E-state index in [0.717, 1.165) is 11.8 Å². The molecule has 0 radical (unpaired) electrons. The summed E-state index contributed by atoms with van der Waals surface area (Å²) in [4.78, 5) is 0. The summed E-state index contributed by atoms with van der Waals surface area (Å²) >= 11 is 0. The molecule has 4 aliphatic carbocycles. The molecule has 0 bridgehead atoms. The van der Waals surface area contributed by atoms with E-state index in [1.165, 1.54) is 23.7 Å². The van der Waals surface area contributed by atoms with Crippen LogP contribution in [0.25, 0.3) is 0 Å². The molecule has 0 saturated heterocycles. The van der Waals surface area contributed by atoms with Gasteiger partial charge in [-0.2, -0.15) is 0 Å². The lowest BCUT2D eigenvalue weighted by molar-refractivity contribution is -0.0184. The molecule has 4 aliphatic rings. The molecule has 0 spiro atoms. The van der Waals surface area contributed by atoms with Crippen molar-refractivity contribution in [2.24, 2.45) is 35.5 Å². The third-order valence-corrected chi connectivity index (χ3v) is 7.08. The Bertz CT molecular complexity index is 282. The van der Waals surface area contributed by atoms with Crippen LogP contribution in [0.4, 0.5) is 0 Å². The molecule has 6 atom stereocenters. The molecular formula is C17H28. The predicted molar refractivity (Wildman–Crippen MR) is 71.7 cm³/mol. The Hall–Kier alpha value is 0. The largest absolute Gasteiger partial charge is 0.0530 e. The summed E-state index contributed by atoms with van der Waals surface area (Å²) in [6, 6.07) is 0. The smallest absolute Gasteiger partial charge is 0.0352 e. The summed E-state index contributed by atoms with van der Waals surface area (Å²) in [6.45, 7) is 0. The quantitative estimate of drug-likeness (QED) is 0.549. The van der Waals surface area contributed by atoms with Crippen LogP contribution in [0.1, 0.15) is 70.6 Å². The molecule has 96 valence electrons. The summed E-state index contributed by atoms with van der Waals surface area (Å²) in [5.74, 6) is 7.02. The van der Waals surface area contributed by atoms with Gasteiger partial charge in [-0.1, -0.05) is 32.1 Å². The lowest BCUT2D eigenvalue weighted by atomic mass is 9.54. The van der Waals surface area contributed by atoms with Gasteiger partial charge in [0.2, 0.25) is 0 Å². The molecule has 0 aromatic heterocycles. The van der Waals surface area contributed by atoms with E-state index in [1.807, 2.05) is 0 Å². The fourth-order valence-electron chi connectivity index (χ4n) is 6.45. The van der Waals surface area contributed by atoms with Gasteiger partial charge >= 0.3 is 0 Å². The van der Waals surface area contributed by atoms with Crippen LogP contribution in [0.15, 0.2) is 0 Å². The Morgan fingerprint density at radius 2 is 0.882 bits per heavy atom. The first kappa shape index (κ1) is 10.9. The summed E-state index contributed by atoms with van der Waals surface area (Å²) in [7, 11) is 0. The van der Waals surface area contributed by atoms with E-state index >= 15 is 0 Å². The average molecular weight is 232 g/mol. The van der Waals surface area contributed by atoms with Gasteiger partial charge in [-0.25, -0.2) is 0 Å². The maximum Gasteiger partial charge on any atom is -0.0352 e. The van der Waals surface area contributed by atoms with Crippen molar-refractivity contribution in [2.45, 2.75) is 70.6 Å². The highest BCUT2D eigenvalue weighted by molar-refractivity contribution is 4.98. The summed E-state index contributed by atoms with van der Waals surface area (Å²) in [5.41, 5.74) is 0. The van der Waals surface area contributed by atoms with Crippen molar-refractivity contribution in [3.63, 3.8) is 0 Å². The maximum atomic E-state index is 1.62. The van der Waals surface area contributed by atoms with E-state index in [4.69, 9.17) is 0 Å². The first-order chi connectivity index (χ1) is 8.43. The zero-order valence-corrected chi connectivity index (χ0v) is 11.2. The van der Waals surface area contributed by atoms with Crippen LogP contribution in [0.3, 0.4) is 0 Å². The molecule has 17 heavy (non-hydrogen) atoms. The highest BCUT2D eigenvalue weighted by atomic mass is 14.5. The van der Waals surface area contributed by atoms with Crippen LogP contribution in [-0.2, 0) is 0 Å². The van der Waals surface area contributed by atoms with Crippen molar-refractivity contribution < 1.29 is 0 Å². The molecule has 0 heterocycles. The molecule has 4 fully saturated rings. The van der Waals surface area contributed by atoms with E-state index < -0.39 is 0 Å². The predicted octanol–water partition coefficient (Wildman–Crippen LogP) is 5.03. The molecular weight excluding hydrogens is 204 g/mol. The number of hydrogen-bond donors (Lipinski definition) is 0. The second-order valence-corrected chi connectivity index (χ2v) is 7.55. The Balaban J connectivity index is 1.56. The van der Waals surface area contributed by atoms with E-state index in [9.17, 15) is 0 Å². The molecule has 0 aromatic rings. The van der Waals surface area contributed by atoms with E-state index in [-0.39, 0.29) is 0 Å². The van der Waals surface area contributed by atoms with Gasteiger partial charge in [-0.05, 0) is 74.0 Å².